The summed E-state index contributed by atoms with van der Waals surface area (Å²) in [5.41, 5.74) is 0. The second-order valence-corrected chi connectivity index (χ2v) is 6.41. The topological polar surface area (TPSA) is 21.3 Å². The van der Waals surface area contributed by atoms with Gasteiger partial charge in [0, 0.05) is 25.3 Å². The van der Waals surface area contributed by atoms with Gasteiger partial charge in [-0.15, -0.1) is 0 Å². The molecule has 0 radical (unpaired) electrons. The summed E-state index contributed by atoms with van der Waals surface area (Å²) >= 11 is 0. The van der Waals surface area contributed by atoms with Gasteiger partial charge in [-0.2, -0.15) is 0 Å². The fourth-order valence-electron chi connectivity index (χ4n) is 3.52. The van der Waals surface area contributed by atoms with Gasteiger partial charge >= 0.3 is 0 Å². The van der Waals surface area contributed by atoms with E-state index < -0.39 is 0 Å². The van der Waals surface area contributed by atoms with E-state index in [0.717, 1.165) is 37.1 Å². The van der Waals surface area contributed by atoms with Crippen LogP contribution < -0.4 is 5.32 Å². The normalized spacial score (nSPS) is 31.9. The van der Waals surface area contributed by atoms with Gasteiger partial charge in [0.05, 0.1) is 0 Å². The quantitative estimate of drug-likeness (QED) is 0.812. The van der Waals surface area contributed by atoms with Crippen LogP contribution in [0.5, 0.6) is 0 Å². The largest absolute Gasteiger partial charge is 0.381 e. The molecular formula is C15H29NO. The zero-order chi connectivity index (χ0) is 12.1. The Morgan fingerprint density at radius 3 is 2.53 bits per heavy atom. The Kier molecular flexibility index (Phi) is 5.30. The summed E-state index contributed by atoms with van der Waals surface area (Å²) in [7, 11) is 0. The van der Waals surface area contributed by atoms with Crippen LogP contribution in [0.25, 0.3) is 0 Å². The maximum Gasteiger partial charge on any atom is 0.0480 e. The van der Waals surface area contributed by atoms with Crippen molar-refractivity contribution in [2.45, 2.75) is 70.9 Å². The molecule has 0 aromatic heterocycles. The van der Waals surface area contributed by atoms with Crippen molar-refractivity contribution < 1.29 is 4.74 Å². The van der Waals surface area contributed by atoms with E-state index in [1.807, 2.05) is 0 Å². The maximum absolute atomic E-state index is 5.42. The molecule has 0 bridgehead atoms. The summed E-state index contributed by atoms with van der Waals surface area (Å²) < 4.78 is 5.42. The van der Waals surface area contributed by atoms with Gasteiger partial charge in [0.25, 0.3) is 0 Å². The van der Waals surface area contributed by atoms with E-state index in [0.29, 0.717) is 0 Å². The molecule has 1 N–H and O–H groups in total. The maximum atomic E-state index is 5.42. The van der Waals surface area contributed by atoms with Crippen LogP contribution in [0.15, 0.2) is 0 Å². The Morgan fingerprint density at radius 2 is 1.82 bits per heavy atom. The minimum atomic E-state index is 0.728. The van der Waals surface area contributed by atoms with Crippen LogP contribution in [0, 0.1) is 11.8 Å². The zero-order valence-electron chi connectivity index (χ0n) is 11.6. The molecule has 0 aromatic rings. The predicted molar refractivity (Wildman–Crippen MR) is 72.2 cm³/mol. The van der Waals surface area contributed by atoms with Crippen molar-refractivity contribution in [2.75, 3.05) is 13.2 Å². The van der Waals surface area contributed by atoms with E-state index in [4.69, 9.17) is 4.74 Å². The lowest BCUT2D eigenvalue weighted by molar-refractivity contribution is 0.0714. The lowest BCUT2D eigenvalue weighted by Crippen LogP contribution is -2.43. The Labute approximate surface area is 107 Å². The summed E-state index contributed by atoms with van der Waals surface area (Å²) in [6, 6.07) is 1.52. The van der Waals surface area contributed by atoms with Crippen LogP contribution in [-0.2, 0) is 4.74 Å². The number of nitrogens with one attached hydrogen (secondary N) is 1. The predicted octanol–water partition coefficient (Wildman–Crippen LogP) is 3.36. The number of ether oxygens (including phenoxy) is 1. The van der Waals surface area contributed by atoms with Gasteiger partial charge in [0.15, 0.2) is 0 Å². The van der Waals surface area contributed by atoms with Gasteiger partial charge in [-0.25, -0.2) is 0 Å². The number of hydrogen-bond donors (Lipinski definition) is 1. The first-order valence-electron chi connectivity index (χ1n) is 7.58. The number of rotatable bonds is 4. The molecule has 2 rings (SSSR count). The van der Waals surface area contributed by atoms with E-state index in [2.05, 4.69) is 19.2 Å². The Morgan fingerprint density at radius 1 is 1.06 bits per heavy atom. The minimum Gasteiger partial charge on any atom is -0.381 e. The molecule has 2 heteroatoms. The van der Waals surface area contributed by atoms with Crippen LogP contribution in [0.3, 0.4) is 0 Å². The lowest BCUT2D eigenvalue weighted by atomic mass is 9.81. The highest BCUT2D eigenvalue weighted by Gasteiger charge is 2.25. The molecule has 2 aliphatic rings. The van der Waals surface area contributed by atoms with Gasteiger partial charge in [-0.3, -0.25) is 0 Å². The highest BCUT2D eigenvalue weighted by molar-refractivity contribution is 4.82. The van der Waals surface area contributed by atoms with Crippen LogP contribution in [-0.4, -0.2) is 25.3 Å². The number of hydrogen-bond acceptors (Lipinski definition) is 2. The van der Waals surface area contributed by atoms with Crippen LogP contribution in [0.4, 0.5) is 0 Å². The van der Waals surface area contributed by atoms with Crippen molar-refractivity contribution in [3.8, 4) is 0 Å². The zero-order valence-corrected chi connectivity index (χ0v) is 11.6. The van der Waals surface area contributed by atoms with E-state index >= 15 is 0 Å². The molecule has 2 fully saturated rings. The van der Waals surface area contributed by atoms with Crippen LogP contribution >= 0.6 is 0 Å². The van der Waals surface area contributed by atoms with E-state index in [1.165, 1.54) is 44.9 Å². The Bertz CT molecular complexity index is 211. The molecule has 1 saturated carbocycles. The third-order valence-electron chi connectivity index (χ3n) is 4.28. The molecular weight excluding hydrogens is 210 g/mol. The SMILES string of the molecule is CC(C)CC1CCCC(NC2CCOCC2)C1. The van der Waals surface area contributed by atoms with Gasteiger partial charge in [0.1, 0.15) is 0 Å². The first kappa shape index (κ1) is 13.4. The average Bonchev–Trinajstić information content (AvgIpc) is 2.30. The molecule has 100 valence electrons. The van der Waals surface area contributed by atoms with Gasteiger partial charge in [-0.05, 0) is 43.9 Å². The summed E-state index contributed by atoms with van der Waals surface area (Å²) in [6.45, 7) is 6.63. The molecule has 0 spiro atoms. The van der Waals surface area contributed by atoms with Gasteiger partial charge in [0.2, 0.25) is 0 Å². The first-order valence-corrected chi connectivity index (χ1v) is 7.58. The Hall–Kier alpha value is -0.0800. The Balaban J connectivity index is 1.72. The third kappa shape index (κ3) is 4.59. The first-order chi connectivity index (χ1) is 8.24. The molecule has 2 unspecified atom stereocenters. The third-order valence-corrected chi connectivity index (χ3v) is 4.28. The second kappa shape index (κ2) is 6.75. The summed E-state index contributed by atoms with van der Waals surface area (Å²) in [6.07, 6.45) is 9.55. The molecule has 1 saturated heterocycles. The molecule has 2 nitrogen and oxygen atoms in total. The van der Waals surface area contributed by atoms with E-state index in [1.54, 1.807) is 0 Å². The molecule has 1 aliphatic heterocycles. The average molecular weight is 239 g/mol. The molecule has 2 atom stereocenters. The van der Waals surface area contributed by atoms with Crippen molar-refractivity contribution in [3.05, 3.63) is 0 Å². The molecule has 0 amide bonds. The second-order valence-electron chi connectivity index (χ2n) is 6.41. The smallest absolute Gasteiger partial charge is 0.0480 e. The fourth-order valence-corrected chi connectivity index (χ4v) is 3.52. The van der Waals surface area contributed by atoms with Gasteiger partial charge < -0.3 is 10.1 Å². The van der Waals surface area contributed by atoms with Crippen LogP contribution in [0.1, 0.15) is 58.8 Å². The van der Waals surface area contributed by atoms with Crippen molar-refractivity contribution in [1.82, 2.24) is 5.32 Å². The van der Waals surface area contributed by atoms with Crippen molar-refractivity contribution in [2.24, 2.45) is 11.8 Å². The molecule has 1 aliphatic carbocycles. The van der Waals surface area contributed by atoms with Crippen molar-refractivity contribution >= 4 is 0 Å². The molecule has 0 aromatic carbocycles. The summed E-state index contributed by atoms with van der Waals surface area (Å²) in [4.78, 5) is 0. The fraction of sp³-hybridized carbons (Fsp3) is 1.00. The van der Waals surface area contributed by atoms with E-state index in [-0.39, 0.29) is 0 Å². The minimum absolute atomic E-state index is 0.728. The highest BCUT2D eigenvalue weighted by Crippen LogP contribution is 2.30. The lowest BCUT2D eigenvalue weighted by Gasteiger charge is -2.34. The summed E-state index contributed by atoms with van der Waals surface area (Å²) in [5, 5.41) is 3.88. The monoisotopic (exact) mass is 239 g/mol. The van der Waals surface area contributed by atoms with Crippen molar-refractivity contribution in [3.63, 3.8) is 0 Å². The van der Waals surface area contributed by atoms with E-state index in [9.17, 15) is 0 Å². The van der Waals surface area contributed by atoms with Crippen molar-refractivity contribution in [1.29, 1.82) is 0 Å². The highest BCUT2D eigenvalue weighted by atomic mass is 16.5. The summed E-state index contributed by atoms with van der Waals surface area (Å²) in [5.74, 6) is 1.84. The molecule has 17 heavy (non-hydrogen) atoms. The molecule has 1 heterocycles. The van der Waals surface area contributed by atoms with Crippen LogP contribution in [0.2, 0.25) is 0 Å². The standard InChI is InChI=1S/C15H29NO/c1-12(2)10-13-4-3-5-15(11-13)16-14-6-8-17-9-7-14/h12-16H,3-11H2,1-2H3. The van der Waals surface area contributed by atoms with Gasteiger partial charge in [-0.1, -0.05) is 26.7 Å².